The molecule has 0 amide bonds. The number of nitrogens with zero attached hydrogens (tertiary/aromatic N) is 1. The predicted octanol–water partition coefficient (Wildman–Crippen LogP) is 1.47. The Morgan fingerprint density at radius 2 is 1.83 bits per heavy atom. The van der Waals surface area contributed by atoms with Gasteiger partial charge in [0.05, 0.1) is 0 Å². The minimum Gasteiger partial charge on any atom is -0.480 e. The fraction of sp³-hybridized carbons (Fsp3) is 0.875. The van der Waals surface area contributed by atoms with Crippen LogP contribution in [0, 0.1) is 5.92 Å². The molecule has 0 radical (unpaired) electrons. The lowest BCUT2D eigenvalue weighted by molar-refractivity contribution is -0.142. The van der Waals surface area contributed by atoms with Gasteiger partial charge in [-0.15, -0.1) is 12.4 Å². The van der Waals surface area contributed by atoms with Crippen LogP contribution in [0.5, 0.6) is 0 Å². The molecule has 0 rings (SSSR count). The van der Waals surface area contributed by atoms with Crippen molar-refractivity contribution in [3.63, 3.8) is 0 Å². The van der Waals surface area contributed by atoms with E-state index >= 15 is 0 Å². The Morgan fingerprint density at radius 1 is 1.42 bits per heavy atom. The molecule has 3 nitrogen and oxygen atoms in total. The van der Waals surface area contributed by atoms with Crippen LogP contribution in [-0.4, -0.2) is 36.1 Å². The second-order valence-corrected chi connectivity index (χ2v) is 3.45. The summed E-state index contributed by atoms with van der Waals surface area (Å²) in [5.41, 5.74) is 0. The van der Waals surface area contributed by atoms with Gasteiger partial charge in [0.1, 0.15) is 6.04 Å². The number of likely N-dealkylation sites (N-methyl/N-ethyl adjacent to an activating group) is 1. The van der Waals surface area contributed by atoms with Gasteiger partial charge in [-0.3, -0.25) is 9.69 Å². The lowest BCUT2D eigenvalue weighted by atomic mass is 10.0. The number of rotatable bonds is 4. The molecular formula is C8H18ClNO2. The zero-order chi connectivity index (χ0) is 9.02. The summed E-state index contributed by atoms with van der Waals surface area (Å²) < 4.78 is 0. The Labute approximate surface area is 80.2 Å². The maximum atomic E-state index is 10.6. The van der Waals surface area contributed by atoms with E-state index in [0.717, 1.165) is 0 Å². The SMILES string of the molecule is CC(C)CC(C(=O)O)N(C)C.Cl. The third-order valence-corrected chi connectivity index (χ3v) is 1.60. The first-order valence-corrected chi connectivity index (χ1v) is 3.84. The van der Waals surface area contributed by atoms with Crippen molar-refractivity contribution in [3.8, 4) is 0 Å². The molecule has 0 spiro atoms. The fourth-order valence-electron chi connectivity index (χ4n) is 0.979. The Morgan fingerprint density at radius 3 is 1.92 bits per heavy atom. The van der Waals surface area contributed by atoms with E-state index in [2.05, 4.69) is 0 Å². The predicted molar refractivity (Wildman–Crippen MR) is 51.8 cm³/mol. The molecule has 1 atom stereocenters. The lowest BCUT2D eigenvalue weighted by Gasteiger charge is -2.21. The van der Waals surface area contributed by atoms with E-state index in [0.29, 0.717) is 12.3 Å². The van der Waals surface area contributed by atoms with Gasteiger partial charge in [-0.1, -0.05) is 13.8 Å². The quantitative estimate of drug-likeness (QED) is 0.739. The van der Waals surface area contributed by atoms with E-state index in [4.69, 9.17) is 5.11 Å². The van der Waals surface area contributed by atoms with Gasteiger partial charge in [0.25, 0.3) is 0 Å². The molecule has 1 unspecified atom stereocenters. The summed E-state index contributed by atoms with van der Waals surface area (Å²) in [6.07, 6.45) is 0.711. The van der Waals surface area contributed by atoms with Crippen LogP contribution in [-0.2, 0) is 4.79 Å². The van der Waals surface area contributed by atoms with E-state index in [1.165, 1.54) is 0 Å². The maximum absolute atomic E-state index is 10.6. The van der Waals surface area contributed by atoms with Crippen molar-refractivity contribution in [1.82, 2.24) is 4.90 Å². The van der Waals surface area contributed by atoms with Gasteiger partial charge >= 0.3 is 5.97 Å². The molecule has 1 N–H and O–H groups in total. The molecule has 0 aromatic carbocycles. The zero-order valence-corrected chi connectivity index (χ0v) is 8.89. The smallest absolute Gasteiger partial charge is 0.320 e. The monoisotopic (exact) mass is 195 g/mol. The van der Waals surface area contributed by atoms with E-state index in [9.17, 15) is 4.79 Å². The second-order valence-electron chi connectivity index (χ2n) is 3.45. The standard InChI is InChI=1S/C8H17NO2.ClH/c1-6(2)5-7(8(10)11)9(3)4;/h6-7H,5H2,1-4H3,(H,10,11);1H. The molecule has 0 saturated heterocycles. The Balaban J connectivity index is 0. The van der Waals surface area contributed by atoms with E-state index in [1.807, 2.05) is 13.8 Å². The number of halogens is 1. The Hall–Kier alpha value is -0.280. The number of carboxylic acids is 1. The van der Waals surface area contributed by atoms with Gasteiger partial charge in [0, 0.05) is 0 Å². The summed E-state index contributed by atoms with van der Waals surface area (Å²) in [5.74, 6) is -0.304. The third-order valence-electron chi connectivity index (χ3n) is 1.60. The molecule has 12 heavy (non-hydrogen) atoms. The summed E-state index contributed by atoms with van der Waals surface area (Å²) >= 11 is 0. The number of carbonyl (C=O) groups is 1. The highest BCUT2D eigenvalue weighted by molar-refractivity contribution is 5.85. The molecule has 0 aromatic heterocycles. The van der Waals surface area contributed by atoms with Crippen LogP contribution in [0.15, 0.2) is 0 Å². The number of aliphatic carboxylic acids is 1. The first-order chi connectivity index (χ1) is 4.95. The van der Waals surface area contributed by atoms with Crippen molar-refractivity contribution >= 4 is 18.4 Å². The summed E-state index contributed by atoms with van der Waals surface area (Å²) in [4.78, 5) is 12.4. The van der Waals surface area contributed by atoms with Crippen LogP contribution in [0.1, 0.15) is 20.3 Å². The summed E-state index contributed by atoms with van der Waals surface area (Å²) in [5, 5.41) is 8.75. The highest BCUT2D eigenvalue weighted by atomic mass is 35.5. The molecule has 0 fully saturated rings. The topological polar surface area (TPSA) is 40.5 Å². The molecule has 0 aromatic rings. The molecule has 0 heterocycles. The maximum Gasteiger partial charge on any atom is 0.320 e. The van der Waals surface area contributed by atoms with Crippen molar-refractivity contribution in [2.24, 2.45) is 5.92 Å². The first-order valence-electron chi connectivity index (χ1n) is 3.84. The molecule has 0 saturated carbocycles. The van der Waals surface area contributed by atoms with Gasteiger partial charge in [-0.2, -0.15) is 0 Å². The van der Waals surface area contributed by atoms with Gasteiger partial charge in [0.2, 0.25) is 0 Å². The molecule has 0 aliphatic carbocycles. The van der Waals surface area contributed by atoms with E-state index in [-0.39, 0.29) is 18.4 Å². The van der Waals surface area contributed by atoms with Gasteiger partial charge in [-0.25, -0.2) is 0 Å². The zero-order valence-electron chi connectivity index (χ0n) is 8.07. The average molecular weight is 196 g/mol. The van der Waals surface area contributed by atoms with Crippen LogP contribution in [0.25, 0.3) is 0 Å². The second kappa shape index (κ2) is 6.26. The van der Waals surface area contributed by atoms with Crippen LogP contribution in [0.2, 0.25) is 0 Å². The normalized spacial score (nSPS) is 12.8. The molecule has 4 heteroatoms. The number of hydrogen-bond donors (Lipinski definition) is 1. The van der Waals surface area contributed by atoms with Crippen molar-refractivity contribution in [1.29, 1.82) is 0 Å². The van der Waals surface area contributed by atoms with Crippen molar-refractivity contribution in [3.05, 3.63) is 0 Å². The largest absolute Gasteiger partial charge is 0.480 e. The summed E-state index contributed by atoms with van der Waals surface area (Å²) in [6.45, 7) is 4.05. The number of hydrogen-bond acceptors (Lipinski definition) is 2. The Bertz CT molecular complexity index is 137. The van der Waals surface area contributed by atoms with Crippen LogP contribution >= 0.6 is 12.4 Å². The van der Waals surface area contributed by atoms with Crippen molar-refractivity contribution in [2.75, 3.05) is 14.1 Å². The van der Waals surface area contributed by atoms with E-state index in [1.54, 1.807) is 19.0 Å². The van der Waals surface area contributed by atoms with Crippen molar-refractivity contribution in [2.45, 2.75) is 26.3 Å². The van der Waals surface area contributed by atoms with Crippen LogP contribution < -0.4 is 0 Å². The van der Waals surface area contributed by atoms with Gasteiger partial charge in [0.15, 0.2) is 0 Å². The minimum atomic E-state index is -0.733. The van der Waals surface area contributed by atoms with Gasteiger partial charge in [-0.05, 0) is 26.4 Å². The summed E-state index contributed by atoms with van der Waals surface area (Å²) in [6, 6.07) is -0.338. The lowest BCUT2D eigenvalue weighted by Crippen LogP contribution is -2.36. The molecular weight excluding hydrogens is 178 g/mol. The van der Waals surface area contributed by atoms with Gasteiger partial charge < -0.3 is 5.11 Å². The first kappa shape index (κ1) is 14.3. The van der Waals surface area contributed by atoms with Crippen molar-refractivity contribution < 1.29 is 9.90 Å². The van der Waals surface area contributed by atoms with Crippen LogP contribution in [0.3, 0.4) is 0 Å². The van der Waals surface area contributed by atoms with Crippen LogP contribution in [0.4, 0.5) is 0 Å². The number of carboxylic acid groups (broad SMARTS) is 1. The Kier molecular flexibility index (Phi) is 7.44. The summed E-state index contributed by atoms with van der Waals surface area (Å²) in [7, 11) is 3.59. The molecule has 0 aliphatic heterocycles. The highest BCUT2D eigenvalue weighted by Crippen LogP contribution is 2.08. The fourth-order valence-corrected chi connectivity index (χ4v) is 0.979. The average Bonchev–Trinajstić information content (AvgIpc) is 1.81. The minimum absolute atomic E-state index is 0. The third kappa shape index (κ3) is 5.38. The molecule has 0 bridgehead atoms. The van der Waals surface area contributed by atoms with E-state index < -0.39 is 5.97 Å². The highest BCUT2D eigenvalue weighted by Gasteiger charge is 2.20. The molecule has 0 aliphatic rings. The molecule has 74 valence electrons.